The van der Waals surface area contributed by atoms with Crippen LogP contribution in [-0.2, 0) is 18.6 Å². The first-order valence-corrected chi connectivity index (χ1v) is 24.0. The number of hydrogen-bond donors (Lipinski definition) is 4. The van der Waals surface area contributed by atoms with Crippen molar-refractivity contribution in [3.63, 3.8) is 0 Å². The minimum Gasteiger partial charge on any atom is -0.626 e. The molecule has 4 N–H and O–H groups in total. The van der Waals surface area contributed by atoms with Crippen LogP contribution >= 0.6 is 23.2 Å². The van der Waals surface area contributed by atoms with Gasteiger partial charge in [0, 0.05) is 59.0 Å². The number of nitrogens with one attached hydrogen (secondary N) is 4. The van der Waals surface area contributed by atoms with Gasteiger partial charge in [0.15, 0.2) is 11.5 Å². The van der Waals surface area contributed by atoms with E-state index in [0.29, 0.717) is 22.8 Å². The Bertz CT molecular complexity index is 3030. The highest BCUT2D eigenvalue weighted by atomic mass is 35.5. The van der Waals surface area contributed by atoms with Gasteiger partial charge in [0.25, 0.3) is 0 Å². The first-order chi connectivity index (χ1) is 33.8. The van der Waals surface area contributed by atoms with Crippen LogP contribution in [0, 0.1) is 55.4 Å². The second-order valence-corrected chi connectivity index (χ2v) is 18.4. The molecule has 16 heteroatoms. The Morgan fingerprint density at radius 3 is 1.00 bits per heavy atom. The van der Waals surface area contributed by atoms with Gasteiger partial charge in [0.05, 0.1) is 27.9 Å². The van der Waals surface area contributed by atoms with Crippen LogP contribution in [0.3, 0.4) is 0 Å². The van der Waals surface area contributed by atoms with Crippen molar-refractivity contribution in [1.82, 2.24) is 9.97 Å². The van der Waals surface area contributed by atoms with E-state index in [0.717, 1.165) is 89.6 Å². The summed E-state index contributed by atoms with van der Waals surface area (Å²) < 4.78 is 77.9. The van der Waals surface area contributed by atoms with Crippen LogP contribution in [0.15, 0.2) is 156 Å². The lowest BCUT2D eigenvalue weighted by atomic mass is 9.99. The van der Waals surface area contributed by atoms with Gasteiger partial charge < -0.3 is 45.8 Å². The molecule has 0 spiro atoms. The third-order valence-corrected chi connectivity index (χ3v) is 12.4. The van der Waals surface area contributed by atoms with Crippen LogP contribution in [0.5, 0.6) is 0 Å². The van der Waals surface area contributed by atoms with Crippen molar-refractivity contribution in [3.8, 4) is 22.5 Å². The number of hydrogen-bond acceptors (Lipinski definition) is 4. The maximum Gasteiger partial charge on any atom is 0.726 e. The zero-order valence-corrected chi connectivity index (χ0v) is 42.0. The molecule has 4 aliphatic rings. The first-order valence-electron chi connectivity index (χ1n) is 22.9. The third kappa shape index (κ3) is 11.1. The fraction of sp³-hybridized carbons (Fsp3) is 0.164. The summed E-state index contributed by atoms with van der Waals surface area (Å²) in [7, 11) is -9.05. The highest BCUT2D eigenvalue weighted by molar-refractivity contribution is 6.54. The molecule has 0 saturated heterocycles. The number of allylic oxidation sites excluding steroid dienone is 6. The summed E-state index contributed by atoms with van der Waals surface area (Å²) in [5, 5.41) is 0.194. The monoisotopic (exact) mass is 1000 g/mol. The zero-order chi connectivity index (χ0) is 50.8. The van der Waals surface area contributed by atoms with Crippen LogP contribution in [0.25, 0.3) is 34.0 Å². The molecule has 6 heterocycles. The summed E-state index contributed by atoms with van der Waals surface area (Å²) in [6.45, 7) is 16.2. The van der Waals surface area contributed by atoms with Crippen molar-refractivity contribution in [2.45, 2.75) is 55.4 Å². The van der Waals surface area contributed by atoms with Crippen LogP contribution in [0.2, 0.25) is 0 Å². The molecule has 0 amide bonds. The molecule has 2 aromatic heterocycles. The average molecular weight is 1000 g/mol. The molecule has 0 atom stereocenters. The molecular weight excluding hydrogens is 949 g/mol. The number of aromatic amines is 2. The highest BCUT2D eigenvalue weighted by Gasteiger charge is 2.41. The second-order valence-electron chi connectivity index (χ2n) is 17.6. The Morgan fingerprint density at radius 2 is 0.690 bits per heavy atom. The Labute approximate surface area is 421 Å². The molecule has 4 aromatic carbocycles. The molecule has 0 unspecified atom stereocenters. The van der Waals surface area contributed by atoms with E-state index in [1.165, 1.54) is 12.2 Å². The molecular formula is C55H52B2Cl2F4N4O4. The Hall–Kier alpha value is -7.15. The van der Waals surface area contributed by atoms with Gasteiger partial charge in [-0.3, -0.25) is 0 Å². The van der Waals surface area contributed by atoms with Crippen molar-refractivity contribution >= 4 is 60.4 Å². The quantitative estimate of drug-likeness (QED) is 0.0759. The number of rotatable bonds is 6. The van der Waals surface area contributed by atoms with Gasteiger partial charge in [0.1, 0.15) is 11.5 Å². The standard InChI is InChI=1S/2C27H24BF2N2O2.CH2Cl2/c2*1-16-7-5-8-17(2)26(16)22-13-11-20(31-22)24-15-25(34-28(29,30)33-24)21-12-14-23(32-21)27-18(3)9-6-10-19(27)4;2-1-3/h2*5-15,31H,1-4H3;1H2/q2*-1;/p+2/b2*25-21-;. The average Bonchev–Trinajstić information content (AvgIpc) is 4.15. The lowest BCUT2D eigenvalue weighted by Crippen LogP contribution is -2.69. The Morgan fingerprint density at radius 1 is 0.408 bits per heavy atom. The maximum atomic E-state index is 14.5. The summed E-state index contributed by atoms with van der Waals surface area (Å²) in [6, 6.07) is 31.4. The van der Waals surface area contributed by atoms with Gasteiger partial charge in [-0.15, -0.1) is 23.2 Å². The molecule has 6 aromatic rings. The van der Waals surface area contributed by atoms with E-state index in [4.69, 9.17) is 41.8 Å². The van der Waals surface area contributed by atoms with Crippen LogP contribution in [0.1, 0.15) is 67.0 Å². The summed E-state index contributed by atoms with van der Waals surface area (Å²) in [5.41, 5.74) is 18.2. The van der Waals surface area contributed by atoms with E-state index < -0.39 is 14.2 Å². The van der Waals surface area contributed by atoms with E-state index >= 15 is 0 Å². The van der Waals surface area contributed by atoms with Gasteiger partial charge in [-0.25, -0.2) is 9.98 Å². The number of halogens is 6. The molecule has 10 rings (SSSR count). The third-order valence-electron chi connectivity index (χ3n) is 12.4. The molecule has 4 aliphatic heterocycles. The molecule has 71 heavy (non-hydrogen) atoms. The SMILES string of the molecule is Cc1cccc(C)c1C1=[NH+]/C(=C2/C=C(c3ccc(-c4c(C)cccc4C)[nH]3)O[B-](F)(F)O2)C=C1.Cc1cccc(C)c1C1=[NH+]/C(=C2/C=C(c3ccc(-c4c(C)cccc4C)[nH]3)O[B-](F)(F)O2)C=C1.ClCCl. The molecule has 364 valence electrons. The molecule has 0 bridgehead atoms. The fourth-order valence-corrected chi connectivity index (χ4v) is 9.27. The minimum absolute atomic E-state index is 0.0342. The van der Waals surface area contributed by atoms with Crippen molar-refractivity contribution in [3.05, 3.63) is 223 Å². The summed E-state index contributed by atoms with van der Waals surface area (Å²) >= 11 is 9.53. The summed E-state index contributed by atoms with van der Waals surface area (Å²) in [5.74, 6) is 0.137. The van der Waals surface area contributed by atoms with E-state index in [2.05, 4.69) is 20.0 Å². The van der Waals surface area contributed by atoms with Gasteiger partial charge in [-0.1, -0.05) is 72.8 Å². The lowest BCUT2D eigenvalue weighted by molar-refractivity contribution is -0.389. The fourth-order valence-electron chi connectivity index (χ4n) is 9.27. The largest absolute Gasteiger partial charge is 0.726 e. The number of alkyl halides is 2. The van der Waals surface area contributed by atoms with Gasteiger partial charge in [-0.2, -0.15) is 0 Å². The molecule has 0 fully saturated rings. The molecule has 0 saturated carbocycles. The van der Waals surface area contributed by atoms with E-state index in [-0.39, 0.29) is 28.4 Å². The number of H-pyrrole nitrogens is 2. The van der Waals surface area contributed by atoms with Gasteiger partial charge in [0.2, 0.25) is 22.8 Å². The molecule has 0 radical (unpaired) electrons. The highest BCUT2D eigenvalue weighted by Crippen LogP contribution is 2.37. The number of aryl methyl sites for hydroxylation is 8. The van der Waals surface area contributed by atoms with Crippen molar-refractivity contribution in [1.29, 1.82) is 0 Å². The van der Waals surface area contributed by atoms with Crippen LogP contribution in [0.4, 0.5) is 17.3 Å². The summed E-state index contributed by atoms with van der Waals surface area (Å²) in [6.07, 6.45) is 10.3. The smallest absolute Gasteiger partial charge is 0.626 e. The zero-order valence-electron chi connectivity index (χ0n) is 40.5. The summed E-state index contributed by atoms with van der Waals surface area (Å²) in [4.78, 5) is 13.0. The van der Waals surface area contributed by atoms with E-state index in [1.54, 1.807) is 24.3 Å². The van der Waals surface area contributed by atoms with Crippen LogP contribution in [-0.4, -0.2) is 40.9 Å². The predicted octanol–water partition coefficient (Wildman–Crippen LogP) is 11.5. The van der Waals surface area contributed by atoms with E-state index in [1.807, 2.05) is 152 Å². The molecule has 8 nitrogen and oxygen atoms in total. The van der Waals surface area contributed by atoms with Crippen molar-refractivity contribution in [2.24, 2.45) is 0 Å². The molecule has 0 aliphatic carbocycles. The number of benzene rings is 4. The van der Waals surface area contributed by atoms with Gasteiger partial charge >= 0.3 is 14.2 Å². The second kappa shape index (κ2) is 20.7. The Balaban J connectivity index is 0.000000181. The van der Waals surface area contributed by atoms with E-state index in [9.17, 15) is 17.3 Å². The Kier molecular flexibility index (Phi) is 14.6. The van der Waals surface area contributed by atoms with Crippen LogP contribution < -0.4 is 9.98 Å². The topological polar surface area (TPSA) is 96.4 Å². The first kappa shape index (κ1) is 50.2. The predicted molar refractivity (Wildman–Crippen MR) is 279 cm³/mol. The normalized spacial score (nSPS) is 18.3. The van der Waals surface area contributed by atoms with Crippen molar-refractivity contribution < 1.29 is 45.9 Å². The van der Waals surface area contributed by atoms with Gasteiger partial charge in [-0.05, 0) is 124 Å². The maximum absolute atomic E-state index is 14.5. The lowest BCUT2D eigenvalue weighted by Gasteiger charge is -2.33. The van der Waals surface area contributed by atoms with Crippen molar-refractivity contribution in [2.75, 3.05) is 5.34 Å². The minimum atomic E-state index is -4.52. The number of aromatic nitrogens is 2.